The highest BCUT2D eigenvalue weighted by molar-refractivity contribution is 5.00. The third-order valence-electron chi connectivity index (χ3n) is 4.04. The van der Waals surface area contributed by atoms with Crippen LogP contribution in [-0.4, -0.2) is 25.0 Å². The quantitative estimate of drug-likeness (QED) is 0.205. The van der Waals surface area contributed by atoms with Gasteiger partial charge in [-0.2, -0.15) is 0 Å². The zero-order chi connectivity index (χ0) is 14.3. The molecule has 0 N–H and O–H groups in total. The molecule has 20 heavy (non-hydrogen) atoms. The maximum Gasteiger partial charge on any atom is 0.158 e. The Labute approximate surface area is 121 Å². The number of azide groups is 1. The molecule has 0 bridgehead atoms. The van der Waals surface area contributed by atoms with Crippen LogP contribution in [0.5, 0.6) is 0 Å². The van der Waals surface area contributed by atoms with E-state index >= 15 is 0 Å². The van der Waals surface area contributed by atoms with E-state index in [2.05, 4.69) is 16.1 Å². The van der Waals surface area contributed by atoms with E-state index in [1.54, 1.807) is 0 Å². The van der Waals surface area contributed by atoms with E-state index in [4.69, 9.17) is 15.0 Å². The van der Waals surface area contributed by atoms with Gasteiger partial charge in [-0.25, -0.2) is 0 Å². The Bertz CT molecular complexity index is 379. The van der Waals surface area contributed by atoms with Crippen molar-refractivity contribution in [3.8, 4) is 0 Å². The van der Waals surface area contributed by atoms with Crippen LogP contribution in [0.25, 0.3) is 10.4 Å². The number of rotatable bonds is 9. The van der Waals surface area contributed by atoms with Gasteiger partial charge < -0.3 is 9.47 Å². The van der Waals surface area contributed by atoms with Gasteiger partial charge in [-0.3, -0.25) is 0 Å². The molecule has 1 atom stereocenters. The third kappa shape index (κ3) is 5.16. The van der Waals surface area contributed by atoms with Crippen LogP contribution >= 0.6 is 0 Å². The summed E-state index contributed by atoms with van der Waals surface area (Å²) in [6.45, 7) is 3.36. The average molecular weight is 279 g/mol. The summed E-state index contributed by atoms with van der Waals surface area (Å²) in [5.41, 5.74) is 9.54. The molecule has 1 saturated heterocycles. The van der Waals surface area contributed by atoms with Gasteiger partial charge in [-0.1, -0.05) is 23.2 Å². The first kappa shape index (κ1) is 15.4. The lowest BCUT2D eigenvalue weighted by molar-refractivity contribution is -0.157. The number of allylic oxidation sites excluding steroid dienone is 1. The predicted molar refractivity (Wildman–Crippen MR) is 78.3 cm³/mol. The molecule has 0 amide bonds. The van der Waals surface area contributed by atoms with Gasteiger partial charge in [0, 0.05) is 24.5 Å². The van der Waals surface area contributed by atoms with E-state index in [-0.39, 0.29) is 11.9 Å². The monoisotopic (exact) mass is 279 g/mol. The van der Waals surface area contributed by atoms with Gasteiger partial charge in [0.15, 0.2) is 6.29 Å². The molecule has 1 heterocycles. The van der Waals surface area contributed by atoms with E-state index in [0.717, 1.165) is 37.9 Å². The molecule has 1 saturated carbocycles. The van der Waals surface area contributed by atoms with Gasteiger partial charge >= 0.3 is 0 Å². The van der Waals surface area contributed by atoms with E-state index < -0.39 is 0 Å². The Balaban J connectivity index is 1.57. The van der Waals surface area contributed by atoms with Crippen LogP contribution in [0.2, 0.25) is 0 Å². The Hall–Kier alpha value is -1.03. The first-order valence-corrected chi connectivity index (χ1v) is 7.70. The molecule has 2 rings (SSSR count). The maximum atomic E-state index is 8.25. The number of nitrogens with zero attached hydrogens (tertiary/aromatic N) is 3. The summed E-state index contributed by atoms with van der Waals surface area (Å²) >= 11 is 0. The van der Waals surface area contributed by atoms with Gasteiger partial charge in [-0.05, 0) is 51.0 Å². The SMILES string of the molecule is C/C(=C/CCCCC1(OC2CCCO2)CC1)CN=[N+]=[N-]. The second kappa shape index (κ2) is 7.67. The normalized spacial score (nSPS) is 24.4. The molecule has 5 heteroatoms. The maximum absolute atomic E-state index is 8.25. The van der Waals surface area contributed by atoms with Crippen LogP contribution in [0.3, 0.4) is 0 Å². The van der Waals surface area contributed by atoms with Crippen LogP contribution in [-0.2, 0) is 9.47 Å². The van der Waals surface area contributed by atoms with Crippen LogP contribution in [0.4, 0.5) is 0 Å². The van der Waals surface area contributed by atoms with Gasteiger partial charge in [0.05, 0.1) is 5.60 Å². The van der Waals surface area contributed by atoms with Gasteiger partial charge in [0.1, 0.15) is 0 Å². The summed E-state index contributed by atoms with van der Waals surface area (Å²) in [6.07, 6.45) is 11.4. The number of ether oxygens (including phenoxy) is 2. The topological polar surface area (TPSA) is 67.2 Å². The van der Waals surface area contributed by atoms with Crippen molar-refractivity contribution >= 4 is 0 Å². The van der Waals surface area contributed by atoms with Crippen molar-refractivity contribution in [2.45, 2.75) is 70.2 Å². The summed E-state index contributed by atoms with van der Waals surface area (Å²) in [4.78, 5) is 2.77. The first-order chi connectivity index (χ1) is 9.74. The Kier molecular flexibility index (Phi) is 5.89. The molecule has 2 fully saturated rings. The molecule has 2 aliphatic rings. The van der Waals surface area contributed by atoms with Gasteiger partial charge in [0.25, 0.3) is 0 Å². The Morgan fingerprint density at radius 3 is 3.00 bits per heavy atom. The van der Waals surface area contributed by atoms with Crippen LogP contribution < -0.4 is 0 Å². The molecule has 0 spiro atoms. The molecule has 0 aromatic carbocycles. The summed E-state index contributed by atoms with van der Waals surface area (Å²) in [6, 6.07) is 0. The number of unbranched alkanes of at least 4 members (excludes halogenated alkanes) is 2. The van der Waals surface area contributed by atoms with Gasteiger partial charge in [0.2, 0.25) is 0 Å². The summed E-state index contributed by atoms with van der Waals surface area (Å²) < 4.78 is 11.7. The lowest BCUT2D eigenvalue weighted by Crippen LogP contribution is -2.22. The minimum atomic E-state index is 0.0588. The second-order valence-corrected chi connectivity index (χ2v) is 5.93. The van der Waals surface area contributed by atoms with E-state index in [1.165, 1.54) is 25.7 Å². The highest BCUT2D eigenvalue weighted by atomic mass is 16.7. The van der Waals surface area contributed by atoms with Crippen LogP contribution in [0, 0.1) is 0 Å². The summed E-state index contributed by atoms with van der Waals surface area (Å²) in [5, 5.41) is 3.56. The first-order valence-electron chi connectivity index (χ1n) is 7.70. The van der Waals surface area contributed by atoms with Crippen molar-refractivity contribution in [2.75, 3.05) is 13.2 Å². The molecule has 1 aliphatic carbocycles. The van der Waals surface area contributed by atoms with E-state index in [1.807, 2.05) is 6.92 Å². The highest BCUT2D eigenvalue weighted by Crippen LogP contribution is 2.45. The molecule has 112 valence electrons. The molecule has 5 nitrogen and oxygen atoms in total. The standard InChI is InChI=1S/C15H25N3O2/c1-13(12-17-18-16)6-3-2-4-8-15(9-10-15)20-14-7-5-11-19-14/h6,14H,2-5,7-12H2,1H3/b13-6-. The summed E-state index contributed by atoms with van der Waals surface area (Å²) in [5.74, 6) is 0. The minimum absolute atomic E-state index is 0.0588. The third-order valence-corrected chi connectivity index (χ3v) is 4.04. The fraction of sp³-hybridized carbons (Fsp3) is 0.867. The summed E-state index contributed by atoms with van der Waals surface area (Å²) in [7, 11) is 0. The average Bonchev–Trinajstić information content (AvgIpc) is 3.00. The zero-order valence-electron chi connectivity index (χ0n) is 12.4. The van der Waals surface area contributed by atoms with Crippen molar-refractivity contribution in [2.24, 2.45) is 5.11 Å². The lowest BCUT2D eigenvalue weighted by atomic mass is 10.1. The molecule has 0 aromatic heterocycles. The van der Waals surface area contributed by atoms with Crippen molar-refractivity contribution in [3.05, 3.63) is 22.1 Å². The smallest absolute Gasteiger partial charge is 0.158 e. The van der Waals surface area contributed by atoms with Crippen LogP contribution in [0.15, 0.2) is 16.8 Å². The molecule has 1 aliphatic heterocycles. The number of hydrogen-bond donors (Lipinski definition) is 0. The fourth-order valence-electron chi connectivity index (χ4n) is 2.63. The second-order valence-electron chi connectivity index (χ2n) is 5.93. The van der Waals surface area contributed by atoms with Crippen molar-refractivity contribution in [3.63, 3.8) is 0 Å². The Morgan fingerprint density at radius 1 is 1.50 bits per heavy atom. The van der Waals surface area contributed by atoms with Crippen molar-refractivity contribution in [1.82, 2.24) is 0 Å². The van der Waals surface area contributed by atoms with Crippen molar-refractivity contribution < 1.29 is 9.47 Å². The zero-order valence-corrected chi connectivity index (χ0v) is 12.4. The lowest BCUT2D eigenvalue weighted by Gasteiger charge is -2.20. The van der Waals surface area contributed by atoms with E-state index in [0.29, 0.717) is 6.54 Å². The van der Waals surface area contributed by atoms with Gasteiger partial charge in [-0.15, -0.1) is 0 Å². The molecular formula is C15H25N3O2. The molecule has 1 unspecified atom stereocenters. The predicted octanol–water partition coefficient (Wildman–Crippen LogP) is 4.49. The number of hydrogen-bond acceptors (Lipinski definition) is 3. The molecule has 0 aromatic rings. The molecular weight excluding hydrogens is 254 g/mol. The Morgan fingerprint density at radius 2 is 2.35 bits per heavy atom. The largest absolute Gasteiger partial charge is 0.353 e. The highest BCUT2D eigenvalue weighted by Gasteiger charge is 2.45. The van der Waals surface area contributed by atoms with Crippen molar-refractivity contribution in [1.29, 1.82) is 0 Å². The van der Waals surface area contributed by atoms with E-state index in [9.17, 15) is 0 Å². The fourth-order valence-corrected chi connectivity index (χ4v) is 2.63. The molecule has 0 radical (unpaired) electrons. The minimum Gasteiger partial charge on any atom is -0.353 e. The van der Waals surface area contributed by atoms with Crippen LogP contribution in [0.1, 0.15) is 58.3 Å².